The largest absolute Gasteiger partial charge is 0.336 e. The Balaban J connectivity index is 1.81. The second-order valence-corrected chi connectivity index (χ2v) is 6.95. The third-order valence-corrected chi connectivity index (χ3v) is 5.03. The van der Waals surface area contributed by atoms with Crippen molar-refractivity contribution in [1.29, 1.82) is 0 Å². The summed E-state index contributed by atoms with van der Waals surface area (Å²) in [5.74, 6) is -0.275. The normalized spacial score (nSPS) is 17.7. The van der Waals surface area contributed by atoms with E-state index in [4.69, 9.17) is 0 Å². The van der Waals surface area contributed by atoms with Gasteiger partial charge < -0.3 is 14.8 Å². The number of nitrogens with one attached hydrogen (secondary N) is 1. The number of hydrogen-bond acceptors (Lipinski definition) is 3. The molecule has 0 radical (unpaired) electrons. The Morgan fingerprint density at radius 1 is 1.15 bits per heavy atom. The highest BCUT2D eigenvalue weighted by atomic mass is 16.2. The van der Waals surface area contributed by atoms with Gasteiger partial charge in [0.2, 0.25) is 5.91 Å². The maximum absolute atomic E-state index is 12.9. The maximum atomic E-state index is 12.9. The second kappa shape index (κ2) is 8.20. The van der Waals surface area contributed by atoms with Gasteiger partial charge in [-0.15, -0.1) is 0 Å². The van der Waals surface area contributed by atoms with Gasteiger partial charge in [0.05, 0.1) is 0 Å². The molecular formula is C21H25N3O3. The van der Waals surface area contributed by atoms with E-state index in [0.29, 0.717) is 25.3 Å². The Labute approximate surface area is 158 Å². The molecule has 0 aliphatic carbocycles. The van der Waals surface area contributed by atoms with Gasteiger partial charge in [0, 0.05) is 37.8 Å². The maximum Gasteiger partial charge on any atom is 0.260 e. The highest BCUT2D eigenvalue weighted by Crippen LogP contribution is 2.19. The zero-order valence-corrected chi connectivity index (χ0v) is 15.8. The fourth-order valence-corrected chi connectivity index (χ4v) is 3.46. The molecule has 3 rings (SSSR count). The summed E-state index contributed by atoms with van der Waals surface area (Å²) >= 11 is 0. The Morgan fingerprint density at radius 2 is 1.89 bits per heavy atom. The summed E-state index contributed by atoms with van der Waals surface area (Å²) in [6.07, 6.45) is 1.01. The molecule has 6 heteroatoms. The first-order valence-corrected chi connectivity index (χ1v) is 9.32. The van der Waals surface area contributed by atoms with Gasteiger partial charge in [0.15, 0.2) is 0 Å². The fraction of sp³-hybridized carbons (Fsp3) is 0.381. The number of aromatic nitrogens is 1. The lowest BCUT2D eigenvalue weighted by molar-refractivity contribution is -0.133. The monoisotopic (exact) mass is 367 g/mol. The van der Waals surface area contributed by atoms with Crippen LogP contribution in [0.4, 0.5) is 0 Å². The highest BCUT2D eigenvalue weighted by Gasteiger charge is 2.31. The summed E-state index contributed by atoms with van der Waals surface area (Å²) in [5.41, 5.74) is 1.52. The van der Waals surface area contributed by atoms with Gasteiger partial charge in [-0.25, -0.2) is 0 Å². The smallest absolute Gasteiger partial charge is 0.260 e. The number of rotatable bonds is 4. The SMILES string of the molecule is CCC1CN(C(=O)c2ccc(C)[nH]c2=O)CCC(=O)N1Cc1ccccc1. The molecule has 2 amide bonds. The average molecular weight is 367 g/mol. The van der Waals surface area contributed by atoms with E-state index in [9.17, 15) is 14.4 Å². The molecule has 0 saturated carbocycles. The lowest BCUT2D eigenvalue weighted by Crippen LogP contribution is -2.44. The van der Waals surface area contributed by atoms with Gasteiger partial charge in [-0.05, 0) is 31.0 Å². The minimum absolute atomic E-state index is 0.0406. The van der Waals surface area contributed by atoms with Crippen LogP contribution in [0.1, 0.15) is 41.4 Å². The standard InChI is InChI=1S/C21H25N3O3/c1-3-17-14-23(21(27)18-10-9-15(2)22-20(18)26)12-11-19(25)24(17)13-16-7-5-4-6-8-16/h4-10,17H,3,11-14H2,1-2H3,(H,22,26). The molecule has 1 saturated heterocycles. The van der Waals surface area contributed by atoms with Crippen molar-refractivity contribution < 1.29 is 9.59 Å². The highest BCUT2D eigenvalue weighted by molar-refractivity contribution is 5.94. The number of hydrogen-bond donors (Lipinski definition) is 1. The number of pyridine rings is 1. The lowest BCUT2D eigenvalue weighted by atomic mass is 10.1. The van der Waals surface area contributed by atoms with Crippen molar-refractivity contribution in [2.75, 3.05) is 13.1 Å². The van der Waals surface area contributed by atoms with Gasteiger partial charge in [-0.3, -0.25) is 14.4 Å². The quantitative estimate of drug-likeness (QED) is 0.901. The van der Waals surface area contributed by atoms with E-state index in [0.717, 1.165) is 12.0 Å². The first-order chi connectivity index (χ1) is 13.0. The number of aromatic amines is 1. The third kappa shape index (κ3) is 4.27. The molecule has 0 bridgehead atoms. The van der Waals surface area contributed by atoms with Gasteiger partial charge in [-0.1, -0.05) is 37.3 Å². The van der Waals surface area contributed by atoms with Crippen molar-refractivity contribution in [2.24, 2.45) is 0 Å². The summed E-state index contributed by atoms with van der Waals surface area (Å²) in [6.45, 7) is 5.08. The molecule has 27 heavy (non-hydrogen) atoms. The number of carbonyl (C=O) groups is 2. The minimum atomic E-state index is -0.384. The minimum Gasteiger partial charge on any atom is -0.336 e. The van der Waals surface area contributed by atoms with Gasteiger partial charge >= 0.3 is 0 Å². The van der Waals surface area contributed by atoms with E-state index in [1.807, 2.05) is 42.2 Å². The van der Waals surface area contributed by atoms with Crippen molar-refractivity contribution in [3.8, 4) is 0 Å². The van der Waals surface area contributed by atoms with E-state index in [1.165, 1.54) is 0 Å². The molecule has 6 nitrogen and oxygen atoms in total. The first-order valence-electron chi connectivity index (χ1n) is 9.32. The molecule has 1 aromatic heterocycles. The van der Waals surface area contributed by atoms with Crippen molar-refractivity contribution >= 4 is 11.8 Å². The molecule has 1 atom stereocenters. The van der Waals surface area contributed by atoms with Crippen molar-refractivity contribution in [2.45, 2.75) is 39.3 Å². The predicted molar refractivity (Wildman–Crippen MR) is 103 cm³/mol. The predicted octanol–water partition coefficient (Wildman–Crippen LogP) is 2.34. The number of amides is 2. The van der Waals surface area contributed by atoms with Crippen molar-refractivity contribution in [1.82, 2.24) is 14.8 Å². The van der Waals surface area contributed by atoms with E-state index in [-0.39, 0.29) is 35.4 Å². The Kier molecular flexibility index (Phi) is 5.74. The van der Waals surface area contributed by atoms with E-state index >= 15 is 0 Å². The molecule has 1 N–H and O–H groups in total. The number of nitrogens with zero attached hydrogens (tertiary/aromatic N) is 2. The molecule has 1 fully saturated rings. The van der Waals surface area contributed by atoms with E-state index in [1.54, 1.807) is 24.0 Å². The van der Waals surface area contributed by atoms with Crippen molar-refractivity contribution in [3.63, 3.8) is 0 Å². The summed E-state index contributed by atoms with van der Waals surface area (Å²) in [6, 6.07) is 13.1. The van der Waals surface area contributed by atoms with Crippen LogP contribution in [-0.4, -0.2) is 45.7 Å². The molecular weight excluding hydrogens is 342 g/mol. The molecule has 1 unspecified atom stereocenters. The number of carbonyl (C=O) groups excluding carboxylic acids is 2. The van der Waals surface area contributed by atoms with Crippen LogP contribution in [0, 0.1) is 6.92 Å². The fourth-order valence-electron chi connectivity index (χ4n) is 3.46. The number of aryl methyl sites for hydroxylation is 1. The van der Waals surface area contributed by atoms with Gasteiger partial charge in [0.1, 0.15) is 5.56 Å². The zero-order valence-electron chi connectivity index (χ0n) is 15.8. The number of benzene rings is 1. The van der Waals surface area contributed by atoms with Crippen LogP contribution in [0.5, 0.6) is 0 Å². The van der Waals surface area contributed by atoms with Gasteiger partial charge in [0.25, 0.3) is 11.5 Å². The molecule has 1 aromatic carbocycles. The molecule has 142 valence electrons. The van der Waals surface area contributed by atoms with Crippen LogP contribution in [0.15, 0.2) is 47.3 Å². The zero-order chi connectivity index (χ0) is 19.4. The topological polar surface area (TPSA) is 73.5 Å². The van der Waals surface area contributed by atoms with Gasteiger partial charge in [-0.2, -0.15) is 0 Å². The van der Waals surface area contributed by atoms with Crippen LogP contribution in [0.25, 0.3) is 0 Å². The Morgan fingerprint density at radius 3 is 2.56 bits per heavy atom. The van der Waals surface area contributed by atoms with E-state index in [2.05, 4.69) is 4.98 Å². The average Bonchev–Trinajstić information content (AvgIpc) is 2.82. The lowest BCUT2D eigenvalue weighted by Gasteiger charge is -2.31. The molecule has 2 heterocycles. The molecule has 2 aromatic rings. The molecule has 1 aliphatic heterocycles. The van der Waals surface area contributed by atoms with Crippen LogP contribution in [0.3, 0.4) is 0 Å². The van der Waals surface area contributed by atoms with Crippen LogP contribution >= 0.6 is 0 Å². The second-order valence-electron chi connectivity index (χ2n) is 6.95. The van der Waals surface area contributed by atoms with Crippen LogP contribution in [-0.2, 0) is 11.3 Å². The van der Waals surface area contributed by atoms with Crippen LogP contribution < -0.4 is 5.56 Å². The van der Waals surface area contributed by atoms with Crippen LogP contribution in [0.2, 0.25) is 0 Å². The summed E-state index contributed by atoms with van der Waals surface area (Å²) in [4.78, 5) is 43.9. The van der Waals surface area contributed by atoms with E-state index < -0.39 is 0 Å². The summed E-state index contributed by atoms with van der Waals surface area (Å²) in [7, 11) is 0. The molecule has 0 spiro atoms. The Bertz CT molecular complexity index is 876. The third-order valence-electron chi connectivity index (χ3n) is 5.03. The summed E-state index contributed by atoms with van der Waals surface area (Å²) < 4.78 is 0. The molecule has 1 aliphatic rings. The number of H-pyrrole nitrogens is 1. The Hall–Kier alpha value is -2.89. The van der Waals surface area contributed by atoms with Crippen molar-refractivity contribution in [3.05, 3.63) is 69.6 Å². The summed E-state index contributed by atoms with van der Waals surface area (Å²) in [5, 5.41) is 0. The first kappa shape index (κ1) is 18.9.